The molecule has 8 fully saturated rings. The first-order valence-electron chi connectivity index (χ1n) is 16.6. The molecule has 0 spiro atoms. The normalized spacial score (nSPS) is 45.8. The highest BCUT2D eigenvalue weighted by Gasteiger charge is 2.71. The molecule has 214 valence electrons. The van der Waals surface area contributed by atoms with Gasteiger partial charge in [0.05, 0.1) is 11.8 Å². The maximum atomic E-state index is 12.8. The summed E-state index contributed by atoms with van der Waals surface area (Å²) in [7, 11) is 0. The zero-order valence-corrected chi connectivity index (χ0v) is 24.3. The summed E-state index contributed by atoms with van der Waals surface area (Å²) < 4.78 is 0. The van der Waals surface area contributed by atoms with Crippen LogP contribution in [-0.2, 0) is 9.59 Å². The van der Waals surface area contributed by atoms with Crippen LogP contribution in [0.5, 0.6) is 0 Å². The van der Waals surface area contributed by atoms with Crippen molar-refractivity contribution in [3.63, 3.8) is 0 Å². The van der Waals surface area contributed by atoms with Crippen molar-refractivity contribution in [1.29, 1.82) is 0 Å². The lowest BCUT2D eigenvalue weighted by molar-refractivity contribution is -0.254. The van der Waals surface area contributed by atoms with Gasteiger partial charge in [0.1, 0.15) is 0 Å². The van der Waals surface area contributed by atoms with Gasteiger partial charge in [0, 0.05) is 0 Å². The highest BCUT2D eigenvalue weighted by Crippen LogP contribution is 2.80. The van der Waals surface area contributed by atoms with Crippen molar-refractivity contribution in [2.75, 3.05) is 0 Å². The van der Waals surface area contributed by atoms with E-state index in [0.717, 1.165) is 89.9 Å². The fourth-order valence-corrected chi connectivity index (χ4v) is 13.3. The quantitative estimate of drug-likeness (QED) is 0.235. The molecule has 4 heteroatoms. The van der Waals surface area contributed by atoms with Crippen molar-refractivity contribution < 1.29 is 19.8 Å². The summed E-state index contributed by atoms with van der Waals surface area (Å²) in [5.74, 6) is 1.40. The van der Waals surface area contributed by atoms with Crippen molar-refractivity contribution in [2.45, 2.75) is 142 Å². The van der Waals surface area contributed by atoms with E-state index in [1.54, 1.807) is 0 Å². The second kappa shape index (κ2) is 9.79. The number of hydrogen-bond donors (Lipinski definition) is 2. The van der Waals surface area contributed by atoms with Crippen molar-refractivity contribution >= 4 is 11.9 Å². The van der Waals surface area contributed by atoms with Gasteiger partial charge in [0.25, 0.3) is 0 Å². The molecule has 0 heterocycles. The van der Waals surface area contributed by atoms with Crippen LogP contribution in [-0.4, -0.2) is 22.2 Å². The number of aliphatic carboxylic acids is 2. The first-order valence-corrected chi connectivity index (χ1v) is 16.6. The van der Waals surface area contributed by atoms with Gasteiger partial charge in [-0.1, -0.05) is 52.4 Å². The average Bonchev–Trinajstić information content (AvgIpc) is 2.82. The molecule has 4 nitrogen and oxygen atoms in total. The molecule has 0 aromatic carbocycles. The Hall–Kier alpha value is -1.06. The Bertz CT molecular complexity index is 819. The SMILES string of the molecule is CCCCCC(C(=O)O)C12CC3CC(C1)CC(C14CC5CC(CC(C(CCCCC)C(=O)O)(C5)C1)C4)(C3)C2. The van der Waals surface area contributed by atoms with Gasteiger partial charge in [0.2, 0.25) is 0 Å². The Morgan fingerprint density at radius 3 is 1.24 bits per heavy atom. The van der Waals surface area contributed by atoms with E-state index in [2.05, 4.69) is 13.8 Å². The summed E-state index contributed by atoms with van der Waals surface area (Å²) in [4.78, 5) is 25.7. The van der Waals surface area contributed by atoms with E-state index in [9.17, 15) is 19.8 Å². The van der Waals surface area contributed by atoms with Gasteiger partial charge in [0.15, 0.2) is 0 Å². The van der Waals surface area contributed by atoms with Crippen molar-refractivity contribution in [1.82, 2.24) is 0 Å². The van der Waals surface area contributed by atoms with Crippen molar-refractivity contribution in [3.8, 4) is 0 Å². The highest BCUT2D eigenvalue weighted by atomic mass is 16.4. The summed E-state index contributed by atoms with van der Waals surface area (Å²) in [6.45, 7) is 4.43. The van der Waals surface area contributed by atoms with E-state index in [-0.39, 0.29) is 33.5 Å². The van der Waals surface area contributed by atoms with E-state index in [4.69, 9.17) is 0 Å². The van der Waals surface area contributed by atoms with Crippen LogP contribution in [0.15, 0.2) is 0 Å². The fourth-order valence-electron chi connectivity index (χ4n) is 13.3. The lowest BCUT2D eigenvalue weighted by Crippen LogP contribution is -2.66. The molecule has 0 aromatic rings. The van der Waals surface area contributed by atoms with Crippen LogP contribution in [0.25, 0.3) is 0 Å². The summed E-state index contributed by atoms with van der Waals surface area (Å²) >= 11 is 0. The van der Waals surface area contributed by atoms with Crippen LogP contribution in [0.4, 0.5) is 0 Å². The lowest BCUT2D eigenvalue weighted by atomic mass is 9.30. The molecule has 6 unspecified atom stereocenters. The Kier molecular flexibility index (Phi) is 6.99. The molecule has 38 heavy (non-hydrogen) atoms. The molecule has 8 saturated carbocycles. The van der Waals surface area contributed by atoms with Crippen LogP contribution >= 0.6 is 0 Å². The van der Waals surface area contributed by atoms with Gasteiger partial charge >= 0.3 is 11.9 Å². The molecular formula is C34H54O4. The molecule has 0 radical (unpaired) electrons. The third-order valence-corrected chi connectivity index (χ3v) is 13.6. The summed E-state index contributed by atoms with van der Waals surface area (Å²) in [5.41, 5.74) is 0.525. The maximum Gasteiger partial charge on any atom is 0.307 e. The first-order chi connectivity index (χ1) is 18.2. The Morgan fingerprint density at radius 2 is 0.947 bits per heavy atom. The molecule has 8 aliphatic carbocycles. The minimum atomic E-state index is -0.526. The number of unbranched alkanes of at least 4 members (excludes halogenated alkanes) is 4. The van der Waals surface area contributed by atoms with Crippen LogP contribution in [0.2, 0.25) is 0 Å². The van der Waals surface area contributed by atoms with Gasteiger partial charge in [-0.15, -0.1) is 0 Å². The Balaban J connectivity index is 1.34. The first kappa shape index (κ1) is 27.1. The molecule has 6 atom stereocenters. The average molecular weight is 527 g/mol. The van der Waals surface area contributed by atoms with Gasteiger partial charge < -0.3 is 10.2 Å². The van der Waals surface area contributed by atoms with E-state index >= 15 is 0 Å². The van der Waals surface area contributed by atoms with E-state index in [0.29, 0.717) is 23.7 Å². The van der Waals surface area contributed by atoms with Crippen molar-refractivity contribution in [3.05, 3.63) is 0 Å². The highest BCUT2D eigenvalue weighted by molar-refractivity contribution is 5.72. The van der Waals surface area contributed by atoms with Crippen LogP contribution in [0.1, 0.15) is 142 Å². The Labute approximate surface area is 231 Å². The number of hydrogen-bond acceptors (Lipinski definition) is 2. The van der Waals surface area contributed by atoms with Crippen LogP contribution in [0.3, 0.4) is 0 Å². The second-order valence-electron chi connectivity index (χ2n) is 16.0. The molecule has 0 saturated heterocycles. The number of carboxylic acid groups (broad SMARTS) is 2. The molecule has 0 amide bonds. The van der Waals surface area contributed by atoms with E-state index < -0.39 is 11.9 Å². The zero-order chi connectivity index (χ0) is 26.8. The smallest absolute Gasteiger partial charge is 0.307 e. The number of carboxylic acids is 2. The predicted octanol–water partition coefficient (Wildman–Crippen LogP) is 8.72. The number of carbonyl (C=O) groups is 2. The third-order valence-electron chi connectivity index (χ3n) is 13.6. The molecule has 8 bridgehead atoms. The molecule has 8 rings (SSSR count). The standard InChI is InChI=1S/C34H54O4/c1-3-5-7-9-27(29(35)36)31-13-23-11-24(14-31)18-33(17-23,21-31)34-19-25-12-26(20-34)16-32(15-25,22-34)28(30(37)38)10-8-6-4-2/h23-28H,3-22H2,1-2H3,(H,35,36)(H,37,38). The molecule has 8 aliphatic rings. The largest absolute Gasteiger partial charge is 0.481 e. The van der Waals surface area contributed by atoms with E-state index in [1.807, 2.05) is 0 Å². The predicted molar refractivity (Wildman–Crippen MR) is 150 cm³/mol. The topological polar surface area (TPSA) is 74.6 Å². The van der Waals surface area contributed by atoms with Gasteiger partial charge in [-0.05, 0) is 135 Å². The summed E-state index contributed by atoms with van der Waals surface area (Å²) in [6, 6.07) is 0. The third kappa shape index (κ3) is 4.20. The zero-order valence-electron chi connectivity index (χ0n) is 24.3. The summed E-state index contributed by atoms with van der Waals surface area (Å²) in [5, 5.41) is 21.1. The molecular weight excluding hydrogens is 472 g/mol. The van der Waals surface area contributed by atoms with E-state index in [1.165, 1.54) is 38.5 Å². The minimum Gasteiger partial charge on any atom is -0.481 e. The molecule has 2 N–H and O–H groups in total. The monoisotopic (exact) mass is 526 g/mol. The lowest BCUT2D eigenvalue weighted by Gasteiger charge is -2.75. The van der Waals surface area contributed by atoms with Crippen LogP contribution in [0, 0.1) is 57.2 Å². The summed E-state index contributed by atoms with van der Waals surface area (Å²) in [6.07, 6.45) is 23.2. The number of rotatable bonds is 13. The van der Waals surface area contributed by atoms with Gasteiger partial charge in [-0.2, -0.15) is 0 Å². The van der Waals surface area contributed by atoms with Gasteiger partial charge in [-0.3, -0.25) is 9.59 Å². The molecule has 0 aliphatic heterocycles. The van der Waals surface area contributed by atoms with Gasteiger partial charge in [-0.25, -0.2) is 0 Å². The second-order valence-corrected chi connectivity index (χ2v) is 16.0. The molecule has 0 aromatic heterocycles. The minimum absolute atomic E-state index is 0.00647. The van der Waals surface area contributed by atoms with Crippen molar-refractivity contribution in [2.24, 2.45) is 57.2 Å². The maximum absolute atomic E-state index is 12.8. The fraction of sp³-hybridized carbons (Fsp3) is 0.941. The van der Waals surface area contributed by atoms with Crippen LogP contribution < -0.4 is 0 Å². The Morgan fingerprint density at radius 1 is 0.605 bits per heavy atom.